The molecule has 0 unspecified atom stereocenters. The van der Waals surface area contributed by atoms with Crippen molar-refractivity contribution in [2.45, 2.75) is 235 Å². The highest BCUT2D eigenvalue weighted by atomic mass is 32.1. The van der Waals surface area contributed by atoms with Gasteiger partial charge >= 0.3 is 8.80 Å². The first-order valence-electron chi connectivity index (χ1n) is 29.5. The van der Waals surface area contributed by atoms with Gasteiger partial charge in [-0.15, -0.1) is 0 Å². The zero-order valence-corrected chi connectivity index (χ0v) is 50.8. The number of aliphatic hydroxyl groups excluding tert-OH is 20. The molecule has 0 spiro atoms. The molecule has 21 saturated heterocycles. The van der Waals surface area contributed by atoms with Crippen molar-refractivity contribution in [3.05, 3.63) is 0 Å². The van der Waals surface area contributed by atoms with Crippen molar-refractivity contribution in [1.82, 2.24) is 5.32 Å². The zero-order valence-electron chi connectivity index (χ0n) is 48.9. The summed E-state index contributed by atoms with van der Waals surface area (Å²) in [6, 6.07) is -0.0852. The Bertz CT molecular complexity index is 2200. The summed E-state index contributed by atoms with van der Waals surface area (Å²) in [7, 11) is -3.95. The first-order chi connectivity index (χ1) is 43.4. The van der Waals surface area contributed by atoms with E-state index < -0.39 is 276 Å². The summed E-state index contributed by atoms with van der Waals surface area (Å²) in [6.07, 6.45) is -71.7. The molecule has 0 aromatic carbocycles. The third kappa shape index (κ3) is 16.3. The number of carbonyl (C=O) groups is 1. The van der Waals surface area contributed by atoms with E-state index in [4.69, 9.17) is 79.6 Å². The maximum Gasteiger partial charge on any atom is 0.502 e. The summed E-state index contributed by atoms with van der Waals surface area (Å²) in [6.45, 7) is -4.07. The van der Waals surface area contributed by atoms with Crippen molar-refractivity contribution in [3.8, 4) is 0 Å². The van der Waals surface area contributed by atoms with Crippen LogP contribution in [0.5, 0.6) is 0 Å². The van der Waals surface area contributed by atoms with E-state index in [9.17, 15) is 107 Å². The van der Waals surface area contributed by atoms with Crippen molar-refractivity contribution >= 4 is 27.3 Å². The number of nitrogens with one attached hydrogen (secondary N) is 1. The molecule has 21 fully saturated rings. The molecule has 530 valence electrons. The Hall–Kier alpha value is -1.44. The molecular formula is C50H87NO38SSi. The second-order valence-electron chi connectivity index (χ2n) is 22.6. The van der Waals surface area contributed by atoms with Crippen molar-refractivity contribution in [1.29, 1.82) is 0 Å². The Kier molecular flexibility index (Phi) is 27.7. The van der Waals surface area contributed by atoms with Gasteiger partial charge in [-0.1, -0.05) is 0 Å². The van der Waals surface area contributed by atoms with Gasteiger partial charge in [-0.3, -0.25) is 4.79 Å². The lowest BCUT2D eigenvalue weighted by Gasteiger charge is -2.50. The van der Waals surface area contributed by atoms with Crippen molar-refractivity contribution < 1.29 is 187 Å². The quantitative estimate of drug-likeness (QED) is 0.0475. The molecule has 21 aliphatic heterocycles. The third-order valence-corrected chi connectivity index (χ3v) is 19.9. The van der Waals surface area contributed by atoms with Crippen LogP contribution in [0.4, 0.5) is 0 Å². The van der Waals surface area contributed by atoms with Gasteiger partial charge in [-0.2, -0.15) is 12.6 Å². The van der Waals surface area contributed by atoms with Gasteiger partial charge in [-0.25, -0.2) is 0 Å². The Morgan fingerprint density at radius 3 is 0.747 bits per heavy atom. The standard InChI is InChI=1S/C50H87NO38SSi/c1-3-73-91(74-4-2,6-5-51-22(58)14-90)75-13-21-43-29(65)36(72)50(82-21)88-42-20(12-57)80-48(34(70)27(42)63)86-40-18(10-55)78-46(32(68)25(40)61)84-38-16(8-53)76-44(30(66)23(38)59)83-37-15(7-52)77-45(31(67)24(37)60)85-39-17(9-54)79-47(33(69)26(39)62)87-41-19(11-56)81-49(89-43)35(71)28(41)64/h15-21,23-50,52-57,59-72,90H,3-14H2,1-2H3,(H,51,58)/t15-,16-,17-,18-,19-,20-,21-,23-,24-,25-,26-,27-,28-,29-,30-,31-,32-,33-,34-,35-,36-,37-,38-,39-,40-,41-,42-,43-,44-,45-,46-,47-,48-,49-,50-/m1/s1. The molecule has 0 aliphatic carbocycles. The molecule has 21 rings (SSSR count). The van der Waals surface area contributed by atoms with Crippen LogP contribution in [0.15, 0.2) is 0 Å². The summed E-state index contributed by atoms with van der Waals surface area (Å²) in [5, 5.41) is 228. The molecule has 41 heteroatoms. The van der Waals surface area contributed by atoms with Gasteiger partial charge in [0.1, 0.15) is 171 Å². The van der Waals surface area contributed by atoms with E-state index in [0.717, 1.165) is 0 Å². The predicted octanol–water partition coefficient (Wildman–Crippen LogP) is -14.1. The van der Waals surface area contributed by atoms with Crippen LogP contribution in [0.25, 0.3) is 0 Å². The van der Waals surface area contributed by atoms with Gasteiger partial charge < -0.3 is 187 Å². The summed E-state index contributed by atoms with van der Waals surface area (Å²) in [5.41, 5.74) is 0. The minimum absolute atomic E-state index is 0.0158. The van der Waals surface area contributed by atoms with Crippen molar-refractivity contribution in [3.63, 3.8) is 0 Å². The topological polar surface area (TPSA) is 591 Å². The minimum Gasteiger partial charge on any atom is -0.394 e. The number of aliphatic hydroxyl groups is 20. The number of ether oxygens (including phenoxy) is 14. The van der Waals surface area contributed by atoms with Crippen molar-refractivity contribution in [2.24, 2.45) is 0 Å². The molecule has 91 heavy (non-hydrogen) atoms. The molecule has 0 saturated carbocycles. The second kappa shape index (κ2) is 33.4. The number of hydrogen-bond acceptors (Lipinski definition) is 39. The molecular weight excluding hydrogens is 1280 g/mol. The molecule has 0 radical (unpaired) electrons. The fourth-order valence-corrected chi connectivity index (χ4v) is 14.3. The van der Waals surface area contributed by atoms with Crippen LogP contribution in [-0.4, -0.2) is 404 Å². The first kappa shape index (κ1) is 75.3. The molecule has 35 atom stereocenters. The Balaban J connectivity index is 1.12. The van der Waals surface area contributed by atoms with Gasteiger partial charge in [0.2, 0.25) is 5.91 Å². The molecule has 39 nitrogen and oxygen atoms in total. The highest BCUT2D eigenvalue weighted by Crippen LogP contribution is 2.39. The van der Waals surface area contributed by atoms with Gasteiger partial charge in [0.15, 0.2) is 44.0 Å². The molecule has 0 aromatic heterocycles. The van der Waals surface area contributed by atoms with Crippen LogP contribution >= 0.6 is 12.6 Å². The average molecular weight is 1370 g/mol. The van der Waals surface area contributed by atoms with Crippen LogP contribution in [-0.2, 0) is 84.4 Å². The van der Waals surface area contributed by atoms with Gasteiger partial charge in [0, 0.05) is 25.8 Å². The second-order valence-corrected chi connectivity index (χ2v) is 25.6. The fourth-order valence-electron chi connectivity index (χ4n) is 11.8. The number of hydrogen-bond donors (Lipinski definition) is 22. The Labute approximate surface area is 524 Å². The van der Waals surface area contributed by atoms with Crippen LogP contribution in [0.3, 0.4) is 0 Å². The minimum atomic E-state index is -3.95. The molecule has 1 amide bonds. The Morgan fingerprint density at radius 2 is 0.549 bits per heavy atom. The highest BCUT2D eigenvalue weighted by molar-refractivity contribution is 7.81. The van der Waals surface area contributed by atoms with E-state index >= 15 is 0 Å². The van der Waals surface area contributed by atoms with Crippen LogP contribution in [0.1, 0.15) is 13.8 Å². The molecule has 0 aromatic rings. The monoisotopic (exact) mass is 1370 g/mol. The summed E-state index contributed by atoms with van der Waals surface area (Å²) >= 11 is 3.97. The van der Waals surface area contributed by atoms with Gasteiger partial charge in [-0.05, 0) is 13.8 Å². The van der Waals surface area contributed by atoms with E-state index in [0.29, 0.717) is 0 Å². The number of thiol groups is 1. The van der Waals surface area contributed by atoms with Crippen LogP contribution < -0.4 is 5.32 Å². The molecule has 21 aliphatic rings. The molecule has 21 N–H and O–H groups in total. The largest absolute Gasteiger partial charge is 0.502 e. The summed E-state index contributed by atoms with van der Waals surface area (Å²) < 4.78 is 100.0. The number of carbonyl (C=O) groups excluding carboxylic acids is 1. The SMILES string of the molecule is CCO[Si](CCNC(=O)CS)(OCC)OC[C@H]1O[C@@H]2O[C@H]3[C@H](O)[C@@H](O)[C@@H](O[C@H]4[C@H](O)[C@@H](O)[C@@H](O[C@H]5[C@H](O)[C@@H](O)[C@@H](O[C@H]6[C@H](O)[C@@H](O)[C@@H](O[C@H]7[C@H](O)[C@@H](O)[C@@H](O[C@H]8[C@H](O)[C@@H](O)[C@@H](O[C@H]1[C@H](O)[C@H]2O)O[C@@H]8CO)O[C@@H]7CO)O[C@@H]6CO)O[C@@H]5CO)O[C@@H]4CO)O[C@@H]3CO. The van der Waals surface area contributed by atoms with Crippen LogP contribution in [0, 0.1) is 0 Å². The Morgan fingerprint density at radius 1 is 0.341 bits per heavy atom. The maximum absolute atomic E-state index is 12.2. The van der Waals surface area contributed by atoms with Crippen molar-refractivity contribution in [2.75, 3.05) is 71.8 Å². The summed E-state index contributed by atoms with van der Waals surface area (Å²) in [5.74, 6) is -0.643. The molecule has 21 heterocycles. The van der Waals surface area contributed by atoms with Gasteiger partial charge in [0.25, 0.3) is 0 Å². The third-order valence-electron chi connectivity index (χ3n) is 16.7. The number of amides is 1. The lowest BCUT2D eigenvalue weighted by Crippen LogP contribution is -2.68. The van der Waals surface area contributed by atoms with E-state index in [2.05, 4.69) is 17.9 Å². The first-order valence-corrected chi connectivity index (χ1v) is 32.1. The normalized spacial score (nSPS) is 48.8. The number of rotatable bonds is 17. The van der Waals surface area contributed by atoms with Gasteiger partial charge in [0.05, 0.1) is 52.0 Å². The smallest absolute Gasteiger partial charge is 0.394 e. The van der Waals surface area contributed by atoms with E-state index in [1.54, 1.807) is 13.8 Å². The molecule has 14 bridgehead atoms. The van der Waals surface area contributed by atoms with E-state index in [1.807, 2.05) is 0 Å². The highest BCUT2D eigenvalue weighted by Gasteiger charge is 2.60. The lowest BCUT2D eigenvalue weighted by molar-refractivity contribution is -0.396. The summed E-state index contributed by atoms with van der Waals surface area (Å²) in [4.78, 5) is 12.2. The lowest BCUT2D eigenvalue weighted by atomic mass is 9.95. The van der Waals surface area contributed by atoms with Crippen LogP contribution in [0.2, 0.25) is 6.04 Å². The van der Waals surface area contributed by atoms with E-state index in [1.165, 1.54) is 0 Å². The maximum atomic E-state index is 12.2. The predicted molar refractivity (Wildman–Crippen MR) is 288 cm³/mol. The average Bonchev–Trinajstić information content (AvgIpc) is 1.24. The fraction of sp³-hybridized carbons (Fsp3) is 0.980. The van der Waals surface area contributed by atoms with E-state index in [-0.39, 0.29) is 31.6 Å². The zero-order chi connectivity index (χ0) is 66.5.